The molecular formula is C12H28N2. The maximum absolute atomic E-state index is 5.52. The van der Waals surface area contributed by atoms with Gasteiger partial charge in [0.05, 0.1) is 0 Å². The van der Waals surface area contributed by atoms with Gasteiger partial charge in [0.1, 0.15) is 0 Å². The lowest BCUT2D eigenvalue weighted by atomic mass is 10.0. The van der Waals surface area contributed by atoms with Crippen molar-refractivity contribution in [3.63, 3.8) is 0 Å². The van der Waals surface area contributed by atoms with Crippen LogP contribution in [0, 0.1) is 5.92 Å². The third-order valence-corrected chi connectivity index (χ3v) is 2.79. The maximum atomic E-state index is 5.52. The Labute approximate surface area is 89.9 Å². The van der Waals surface area contributed by atoms with Crippen LogP contribution in [0.1, 0.15) is 46.0 Å². The van der Waals surface area contributed by atoms with Crippen LogP contribution in [0.25, 0.3) is 0 Å². The lowest BCUT2D eigenvalue weighted by molar-refractivity contribution is 0.308. The van der Waals surface area contributed by atoms with E-state index in [9.17, 15) is 0 Å². The highest BCUT2D eigenvalue weighted by Crippen LogP contribution is 2.09. The Morgan fingerprint density at radius 2 is 1.79 bits per heavy atom. The smallest absolute Gasteiger partial charge is 0.00217 e. The molecule has 0 amide bonds. The van der Waals surface area contributed by atoms with Crippen molar-refractivity contribution in [2.75, 3.05) is 26.7 Å². The number of nitrogens with two attached hydrogens (primary N) is 1. The number of nitrogens with zero attached hydrogens (tertiary/aromatic N) is 1. The van der Waals surface area contributed by atoms with E-state index in [1.807, 2.05) is 0 Å². The summed E-state index contributed by atoms with van der Waals surface area (Å²) >= 11 is 0. The average Bonchev–Trinajstić information content (AvgIpc) is 2.15. The van der Waals surface area contributed by atoms with E-state index in [1.54, 1.807) is 0 Å². The van der Waals surface area contributed by atoms with Crippen molar-refractivity contribution in [2.24, 2.45) is 11.7 Å². The van der Waals surface area contributed by atoms with Gasteiger partial charge in [-0.2, -0.15) is 0 Å². The van der Waals surface area contributed by atoms with Gasteiger partial charge in [-0.3, -0.25) is 0 Å². The molecular weight excluding hydrogens is 172 g/mol. The minimum Gasteiger partial charge on any atom is -0.330 e. The van der Waals surface area contributed by atoms with E-state index in [4.69, 9.17) is 5.73 Å². The predicted octanol–water partition coefficient (Wildman–Crippen LogP) is 2.48. The zero-order valence-electron chi connectivity index (χ0n) is 10.3. The molecule has 86 valence electrons. The van der Waals surface area contributed by atoms with E-state index in [1.165, 1.54) is 45.2 Å². The van der Waals surface area contributed by atoms with Crippen LogP contribution in [0.4, 0.5) is 0 Å². The topological polar surface area (TPSA) is 29.3 Å². The van der Waals surface area contributed by atoms with Gasteiger partial charge in [-0.15, -0.1) is 0 Å². The fourth-order valence-corrected chi connectivity index (χ4v) is 1.68. The monoisotopic (exact) mass is 200 g/mol. The molecule has 2 heteroatoms. The molecule has 2 nitrogen and oxygen atoms in total. The summed E-state index contributed by atoms with van der Waals surface area (Å²) in [6.07, 6.45) is 6.45. The Morgan fingerprint density at radius 3 is 2.36 bits per heavy atom. The molecule has 0 aliphatic heterocycles. The van der Waals surface area contributed by atoms with Crippen LogP contribution >= 0.6 is 0 Å². The number of hydrogen-bond acceptors (Lipinski definition) is 2. The Bertz CT molecular complexity index is 115. The van der Waals surface area contributed by atoms with Crippen LogP contribution in [0.2, 0.25) is 0 Å². The first-order valence-corrected chi connectivity index (χ1v) is 6.09. The van der Waals surface area contributed by atoms with Gasteiger partial charge in [-0.25, -0.2) is 0 Å². The molecule has 0 heterocycles. The Balaban J connectivity index is 3.25. The molecule has 14 heavy (non-hydrogen) atoms. The van der Waals surface area contributed by atoms with Crippen LogP contribution in [0.15, 0.2) is 0 Å². The van der Waals surface area contributed by atoms with Crippen molar-refractivity contribution in [1.29, 1.82) is 0 Å². The highest BCUT2D eigenvalue weighted by atomic mass is 15.1. The highest BCUT2D eigenvalue weighted by molar-refractivity contribution is 4.57. The summed E-state index contributed by atoms with van der Waals surface area (Å²) in [4.78, 5) is 2.44. The van der Waals surface area contributed by atoms with Crippen molar-refractivity contribution >= 4 is 0 Å². The summed E-state index contributed by atoms with van der Waals surface area (Å²) in [6, 6.07) is 0. The van der Waals surface area contributed by atoms with E-state index in [0.29, 0.717) is 0 Å². The van der Waals surface area contributed by atoms with Crippen molar-refractivity contribution in [3.05, 3.63) is 0 Å². The van der Waals surface area contributed by atoms with E-state index in [0.717, 1.165) is 12.5 Å². The first kappa shape index (κ1) is 13.9. The van der Waals surface area contributed by atoms with Crippen molar-refractivity contribution < 1.29 is 0 Å². The zero-order chi connectivity index (χ0) is 10.8. The molecule has 0 aromatic rings. The summed E-state index contributed by atoms with van der Waals surface area (Å²) in [5.41, 5.74) is 5.52. The van der Waals surface area contributed by atoms with Gasteiger partial charge < -0.3 is 10.6 Å². The van der Waals surface area contributed by atoms with Gasteiger partial charge in [0.25, 0.3) is 0 Å². The summed E-state index contributed by atoms with van der Waals surface area (Å²) in [6.45, 7) is 7.89. The molecule has 0 aliphatic carbocycles. The fourth-order valence-electron chi connectivity index (χ4n) is 1.68. The Morgan fingerprint density at radius 1 is 1.14 bits per heavy atom. The summed E-state index contributed by atoms with van der Waals surface area (Å²) in [5.74, 6) is 0.805. The van der Waals surface area contributed by atoms with Crippen molar-refractivity contribution in [3.8, 4) is 0 Å². The molecule has 0 rings (SSSR count). The summed E-state index contributed by atoms with van der Waals surface area (Å²) < 4.78 is 0. The van der Waals surface area contributed by atoms with Crippen LogP contribution in [0.5, 0.6) is 0 Å². The molecule has 0 fully saturated rings. The van der Waals surface area contributed by atoms with Gasteiger partial charge >= 0.3 is 0 Å². The molecule has 0 saturated heterocycles. The molecule has 0 aliphatic rings. The van der Waals surface area contributed by atoms with Crippen LogP contribution in [-0.2, 0) is 0 Å². The number of hydrogen-bond donors (Lipinski definition) is 1. The van der Waals surface area contributed by atoms with Crippen LogP contribution in [-0.4, -0.2) is 31.6 Å². The molecule has 2 N–H and O–H groups in total. The largest absolute Gasteiger partial charge is 0.330 e. The lowest BCUT2D eigenvalue weighted by Gasteiger charge is -2.17. The number of rotatable bonds is 9. The highest BCUT2D eigenvalue weighted by Gasteiger charge is 2.02. The van der Waals surface area contributed by atoms with E-state index >= 15 is 0 Å². The molecule has 0 aromatic heterocycles. The predicted molar refractivity (Wildman–Crippen MR) is 64.5 cm³/mol. The van der Waals surface area contributed by atoms with Gasteiger partial charge in [0.2, 0.25) is 0 Å². The van der Waals surface area contributed by atoms with Gasteiger partial charge in [0.15, 0.2) is 0 Å². The van der Waals surface area contributed by atoms with Gasteiger partial charge in [0, 0.05) is 0 Å². The van der Waals surface area contributed by atoms with E-state index in [-0.39, 0.29) is 0 Å². The third-order valence-electron chi connectivity index (χ3n) is 2.79. The summed E-state index contributed by atoms with van der Waals surface area (Å²) in [5, 5.41) is 0. The minimum absolute atomic E-state index is 0.805. The van der Waals surface area contributed by atoms with E-state index in [2.05, 4.69) is 25.8 Å². The molecule has 0 spiro atoms. The Kier molecular flexibility index (Phi) is 9.42. The van der Waals surface area contributed by atoms with Crippen molar-refractivity contribution in [1.82, 2.24) is 4.90 Å². The third kappa shape index (κ3) is 8.52. The first-order chi connectivity index (χ1) is 6.70. The fraction of sp³-hybridized carbons (Fsp3) is 1.00. The molecule has 0 bridgehead atoms. The van der Waals surface area contributed by atoms with E-state index < -0.39 is 0 Å². The molecule has 1 unspecified atom stereocenters. The molecule has 0 saturated carbocycles. The second-order valence-electron chi connectivity index (χ2n) is 4.48. The van der Waals surface area contributed by atoms with Crippen LogP contribution in [0.3, 0.4) is 0 Å². The minimum atomic E-state index is 0.805. The SMILES string of the molecule is CCCCN(C)CCCC(C)CCN. The maximum Gasteiger partial charge on any atom is -0.00217 e. The lowest BCUT2D eigenvalue weighted by Crippen LogP contribution is -2.21. The normalized spacial score (nSPS) is 13.5. The molecule has 1 atom stereocenters. The zero-order valence-corrected chi connectivity index (χ0v) is 10.3. The second kappa shape index (κ2) is 9.47. The van der Waals surface area contributed by atoms with Crippen LogP contribution < -0.4 is 5.73 Å². The first-order valence-electron chi connectivity index (χ1n) is 6.09. The van der Waals surface area contributed by atoms with Crippen molar-refractivity contribution in [2.45, 2.75) is 46.0 Å². The standard InChI is InChI=1S/C12H28N2/c1-4-5-10-14(3)11-6-7-12(2)8-9-13/h12H,4-11,13H2,1-3H3. The molecule has 0 radical (unpaired) electrons. The second-order valence-corrected chi connectivity index (χ2v) is 4.48. The average molecular weight is 200 g/mol. The van der Waals surface area contributed by atoms with Gasteiger partial charge in [-0.1, -0.05) is 20.3 Å². The Hall–Kier alpha value is -0.0800. The summed E-state index contributed by atoms with van der Waals surface area (Å²) in [7, 11) is 2.23. The molecule has 0 aromatic carbocycles. The quantitative estimate of drug-likeness (QED) is 0.619. The van der Waals surface area contributed by atoms with Gasteiger partial charge in [-0.05, 0) is 58.3 Å². The number of unbranched alkanes of at least 4 members (excludes halogenated alkanes) is 1.